The molecule has 16 heavy (non-hydrogen) atoms. The minimum Gasteiger partial charge on any atom is -0.504 e. The molecule has 0 atom stereocenters. The van der Waals surface area contributed by atoms with Gasteiger partial charge in [0.2, 0.25) is 0 Å². The van der Waals surface area contributed by atoms with E-state index in [0.29, 0.717) is 12.2 Å². The van der Waals surface area contributed by atoms with E-state index in [1.807, 2.05) is 6.07 Å². The Kier molecular flexibility index (Phi) is 4.64. The molecule has 0 amide bonds. The zero-order valence-corrected chi connectivity index (χ0v) is 9.27. The highest BCUT2D eigenvalue weighted by Crippen LogP contribution is 2.26. The maximum atomic E-state index is 10.3. The highest BCUT2D eigenvalue weighted by molar-refractivity contribution is 5.66. The highest BCUT2D eigenvalue weighted by Gasteiger charge is 2.03. The number of ether oxygens (including phenoxy) is 1. The lowest BCUT2D eigenvalue weighted by molar-refractivity contribution is -0.137. The Morgan fingerprint density at radius 2 is 2.12 bits per heavy atom. The molecule has 1 rings (SSSR count). The summed E-state index contributed by atoms with van der Waals surface area (Å²) in [5.74, 6) is -0.184. The van der Waals surface area contributed by atoms with E-state index in [2.05, 4.69) is 0 Å². The molecule has 2 N–H and O–H groups in total. The van der Waals surface area contributed by atoms with Crippen LogP contribution in [0.3, 0.4) is 0 Å². The molecule has 1 aromatic carbocycles. The van der Waals surface area contributed by atoms with Gasteiger partial charge < -0.3 is 14.9 Å². The molecule has 0 aromatic heterocycles. The van der Waals surface area contributed by atoms with Crippen LogP contribution in [0.1, 0.15) is 24.8 Å². The lowest BCUT2D eigenvalue weighted by Crippen LogP contribution is -1.95. The van der Waals surface area contributed by atoms with Gasteiger partial charge in [0.25, 0.3) is 0 Å². The molecule has 1 aromatic rings. The Labute approximate surface area is 94.5 Å². The normalized spacial score (nSPS) is 10.1. The average molecular weight is 224 g/mol. The second-order valence-electron chi connectivity index (χ2n) is 3.61. The van der Waals surface area contributed by atoms with Crippen LogP contribution >= 0.6 is 0 Å². The van der Waals surface area contributed by atoms with E-state index in [4.69, 9.17) is 9.84 Å². The lowest BCUT2D eigenvalue weighted by atomic mass is 10.1. The molecule has 0 saturated carbocycles. The van der Waals surface area contributed by atoms with Gasteiger partial charge in [-0.25, -0.2) is 0 Å². The minimum atomic E-state index is -0.761. The first-order valence-corrected chi connectivity index (χ1v) is 5.21. The van der Waals surface area contributed by atoms with Gasteiger partial charge >= 0.3 is 5.97 Å². The van der Waals surface area contributed by atoms with Gasteiger partial charge in [-0.05, 0) is 37.0 Å². The standard InChI is InChI=1S/C12H16O4/c1-16-11-8-9(6-7-10(11)13)4-2-3-5-12(14)15/h6-8,13H,2-5H2,1H3,(H,14,15). The molecule has 0 bridgehead atoms. The summed E-state index contributed by atoms with van der Waals surface area (Å²) in [6.07, 6.45) is 2.48. The van der Waals surface area contributed by atoms with Crippen molar-refractivity contribution in [1.29, 1.82) is 0 Å². The van der Waals surface area contributed by atoms with Crippen LogP contribution in [0.5, 0.6) is 11.5 Å². The van der Waals surface area contributed by atoms with Crippen LogP contribution < -0.4 is 4.74 Å². The van der Waals surface area contributed by atoms with Gasteiger partial charge in [0.15, 0.2) is 11.5 Å². The molecule has 0 radical (unpaired) electrons. The Balaban J connectivity index is 2.45. The summed E-state index contributed by atoms with van der Waals surface area (Å²) < 4.78 is 4.99. The van der Waals surface area contributed by atoms with E-state index in [1.54, 1.807) is 12.1 Å². The first-order chi connectivity index (χ1) is 7.63. The molecule has 0 aliphatic rings. The van der Waals surface area contributed by atoms with Gasteiger partial charge in [-0.15, -0.1) is 0 Å². The van der Waals surface area contributed by atoms with Crippen LogP contribution in [0, 0.1) is 0 Å². The molecule has 4 heteroatoms. The second-order valence-corrected chi connectivity index (χ2v) is 3.61. The van der Waals surface area contributed by atoms with Crippen LogP contribution in [0.4, 0.5) is 0 Å². The molecule has 0 aliphatic carbocycles. The maximum Gasteiger partial charge on any atom is 0.303 e. The van der Waals surface area contributed by atoms with Crippen molar-refractivity contribution < 1.29 is 19.7 Å². The van der Waals surface area contributed by atoms with E-state index in [1.165, 1.54) is 7.11 Å². The van der Waals surface area contributed by atoms with Crippen molar-refractivity contribution in [3.05, 3.63) is 23.8 Å². The van der Waals surface area contributed by atoms with Crippen molar-refractivity contribution in [2.45, 2.75) is 25.7 Å². The summed E-state index contributed by atoms with van der Waals surface area (Å²) in [6.45, 7) is 0. The van der Waals surface area contributed by atoms with Gasteiger partial charge in [-0.2, -0.15) is 0 Å². The fraction of sp³-hybridized carbons (Fsp3) is 0.417. The number of hydrogen-bond acceptors (Lipinski definition) is 3. The predicted molar refractivity (Wildman–Crippen MR) is 59.8 cm³/mol. The number of carbonyl (C=O) groups is 1. The lowest BCUT2D eigenvalue weighted by Gasteiger charge is -2.06. The zero-order chi connectivity index (χ0) is 12.0. The number of phenolic OH excluding ortho intramolecular Hbond substituents is 1. The molecule has 0 aliphatic heterocycles. The van der Waals surface area contributed by atoms with Gasteiger partial charge in [-0.1, -0.05) is 6.07 Å². The van der Waals surface area contributed by atoms with E-state index < -0.39 is 5.97 Å². The molecule has 0 heterocycles. The van der Waals surface area contributed by atoms with Gasteiger partial charge in [0.1, 0.15) is 0 Å². The number of phenols is 1. The first-order valence-electron chi connectivity index (χ1n) is 5.21. The van der Waals surface area contributed by atoms with Crippen LogP contribution in [0.2, 0.25) is 0 Å². The fourth-order valence-electron chi connectivity index (χ4n) is 1.48. The van der Waals surface area contributed by atoms with Crippen LogP contribution in [0.15, 0.2) is 18.2 Å². The summed E-state index contributed by atoms with van der Waals surface area (Å²) in [7, 11) is 1.50. The summed E-state index contributed by atoms with van der Waals surface area (Å²) in [6, 6.07) is 5.18. The summed E-state index contributed by atoms with van der Waals surface area (Å²) >= 11 is 0. The van der Waals surface area contributed by atoms with Crippen molar-refractivity contribution in [1.82, 2.24) is 0 Å². The number of aromatic hydroxyl groups is 1. The Morgan fingerprint density at radius 1 is 1.38 bits per heavy atom. The largest absolute Gasteiger partial charge is 0.504 e. The highest BCUT2D eigenvalue weighted by atomic mass is 16.5. The SMILES string of the molecule is COc1cc(CCCCC(=O)O)ccc1O. The van der Waals surface area contributed by atoms with E-state index in [-0.39, 0.29) is 12.2 Å². The third-order valence-electron chi connectivity index (χ3n) is 2.35. The van der Waals surface area contributed by atoms with Crippen molar-refractivity contribution in [3.8, 4) is 11.5 Å². The summed E-state index contributed by atoms with van der Waals surface area (Å²) in [5.41, 5.74) is 1.04. The minimum absolute atomic E-state index is 0.122. The number of unbranched alkanes of at least 4 members (excludes halogenated alkanes) is 1. The third-order valence-corrected chi connectivity index (χ3v) is 2.35. The molecular weight excluding hydrogens is 208 g/mol. The monoisotopic (exact) mass is 224 g/mol. The zero-order valence-electron chi connectivity index (χ0n) is 9.27. The van der Waals surface area contributed by atoms with Gasteiger partial charge in [0, 0.05) is 6.42 Å². The summed E-state index contributed by atoms with van der Waals surface area (Å²) in [4.78, 5) is 10.3. The number of carboxylic acid groups (broad SMARTS) is 1. The number of hydrogen-bond donors (Lipinski definition) is 2. The van der Waals surface area contributed by atoms with E-state index in [9.17, 15) is 9.90 Å². The molecule has 0 saturated heterocycles. The number of aryl methyl sites for hydroxylation is 1. The molecule has 4 nitrogen and oxygen atoms in total. The topological polar surface area (TPSA) is 66.8 Å². The van der Waals surface area contributed by atoms with Crippen molar-refractivity contribution in [3.63, 3.8) is 0 Å². The number of aliphatic carboxylic acids is 1. The van der Waals surface area contributed by atoms with Crippen LogP contribution in [0.25, 0.3) is 0 Å². The van der Waals surface area contributed by atoms with Crippen molar-refractivity contribution in [2.75, 3.05) is 7.11 Å². The average Bonchev–Trinajstić information content (AvgIpc) is 2.26. The summed E-state index contributed by atoms with van der Waals surface area (Å²) in [5, 5.41) is 17.9. The van der Waals surface area contributed by atoms with E-state index >= 15 is 0 Å². The van der Waals surface area contributed by atoms with Crippen LogP contribution in [-0.2, 0) is 11.2 Å². The maximum absolute atomic E-state index is 10.3. The van der Waals surface area contributed by atoms with Crippen LogP contribution in [-0.4, -0.2) is 23.3 Å². The Bertz CT molecular complexity index is 360. The third kappa shape index (κ3) is 3.81. The number of rotatable bonds is 6. The molecule has 0 fully saturated rings. The van der Waals surface area contributed by atoms with Crippen molar-refractivity contribution >= 4 is 5.97 Å². The Hall–Kier alpha value is -1.71. The Morgan fingerprint density at radius 3 is 2.75 bits per heavy atom. The number of methoxy groups -OCH3 is 1. The van der Waals surface area contributed by atoms with Crippen molar-refractivity contribution in [2.24, 2.45) is 0 Å². The molecule has 0 spiro atoms. The fourth-order valence-corrected chi connectivity index (χ4v) is 1.48. The smallest absolute Gasteiger partial charge is 0.303 e. The predicted octanol–water partition coefficient (Wildman–Crippen LogP) is 2.20. The van der Waals surface area contributed by atoms with Gasteiger partial charge in [-0.3, -0.25) is 4.79 Å². The van der Waals surface area contributed by atoms with E-state index in [0.717, 1.165) is 18.4 Å². The molecular formula is C12H16O4. The van der Waals surface area contributed by atoms with Gasteiger partial charge in [0.05, 0.1) is 7.11 Å². The second kappa shape index (κ2) is 6.00. The quantitative estimate of drug-likeness (QED) is 0.727. The molecule has 88 valence electrons. The molecule has 0 unspecified atom stereocenters. The first kappa shape index (κ1) is 12.4. The number of benzene rings is 1. The number of carboxylic acids is 1.